The normalized spacial score (nSPS) is 12.3. The Balaban J connectivity index is 1.57. The molecule has 0 unspecified atom stereocenters. The maximum absolute atomic E-state index is 13.7. The van der Waals surface area contributed by atoms with E-state index in [1.165, 1.54) is 18.5 Å². The third-order valence-corrected chi connectivity index (χ3v) is 5.13. The van der Waals surface area contributed by atoms with Crippen LogP contribution in [0, 0.1) is 0 Å². The lowest BCUT2D eigenvalue weighted by Gasteiger charge is -2.10. The highest BCUT2D eigenvalue weighted by molar-refractivity contribution is 6.08. The zero-order chi connectivity index (χ0) is 25.0. The van der Waals surface area contributed by atoms with Gasteiger partial charge in [0, 0.05) is 23.5 Å². The molecule has 2 heterocycles. The van der Waals surface area contributed by atoms with Gasteiger partial charge in [-0.25, -0.2) is 9.67 Å². The fourth-order valence-electron chi connectivity index (χ4n) is 3.44. The maximum Gasteiger partial charge on any atom is 0.433 e. The van der Waals surface area contributed by atoms with E-state index in [1.807, 2.05) is 30.3 Å². The number of aromatic nitrogens is 3. The van der Waals surface area contributed by atoms with Crippen molar-refractivity contribution in [2.24, 2.45) is 4.99 Å². The van der Waals surface area contributed by atoms with Crippen LogP contribution in [-0.4, -0.2) is 26.9 Å². The smallest absolute Gasteiger partial charge is 0.307 e. The van der Waals surface area contributed by atoms with E-state index in [9.17, 15) is 18.0 Å². The summed E-state index contributed by atoms with van der Waals surface area (Å²) in [5, 5.41) is 8.41. The first-order valence-electron chi connectivity index (χ1n) is 10.5. The van der Waals surface area contributed by atoms with Gasteiger partial charge in [-0.2, -0.15) is 18.3 Å². The van der Waals surface area contributed by atoms with Crippen LogP contribution >= 0.6 is 0 Å². The summed E-state index contributed by atoms with van der Waals surface area (Å²) in [6.07, 6.45) is 0.915. The number of aliphatic imine (C=N–C) groups is 1. The molecule has 0 radical (unpaired) electrons. The minimum Gasteiger partial charge on any atom is -0.307 e. The van der Waals surface area contributed by atoms with Gasteiger partial charge in [-0.15, -0.1) is 0 Å². The summed E-state index contributed by atoms with van der Waals surface area (Å²) >= 11 is 0. The maximum atomic E-state index is 13.7. The lowest BCUT2D eigenvalue weighted by molar-refractivity contribution is -0.142. The van der Waals surface area contributed by atoms with Gasteiger partial charge in [-0.05, 0) is 48.0 Å². The van der Waals surface area contributed by atoms with Gasteiger partial charge in [0.05, 0.1) is 17.6 Å². The molecular formula is C26H20F3N5O. The molecule has 0 saturated heterocycles. The van der Waals surface area contributed by atoms with Crippen LogP contribution in [0.4, 0.5) is 13.2 Å². The number of nitrogens with zero attached hydrogens (tertiary/aromatic N) is 4. The van der Waals surface area contributed by atoms with Crippen molar-refractivity contribution in [3.8, 4) is 11.3 Å². The molecule has 4 aromatic rings. The van der Waals surface area contributed by atoms with Crippen LogP contribution in [-0.2, 0) is 6.18 Å². The van der Waals surface area contributed by atoms with Gasteiger partial charge in [0.25, 0.3) is 5.91 Å². The summed E-state index contributed by atoms with van der Waals surface area (Å²) in [7, 11) is 0. The Hall–Kier alpha value is -4.53. The quantitative estimate of drug-likeness (QED) is 0.350. The summed E-state index contributed by atoms with van der Waals surface area (Å²) in [6, 6.07) is 16.9. The number of hydrogen-bond donors (Lipinski definition) is 1. The molecule has 6 nitrogen and oxygen atoms in total. The number of halogens is 3. The molecule has 0 saturated carbocycles. The van der Waals surface area contributed by atoms with Crippen LogP contribution < -0.4 is 5.32 Å². The molecule has 176 valence electrons. The molecule has 0 fully saturated rings. The first-order chi connectivity index (χ1) is 16.8. The number of nitrogens with one attached hydrogen (secondary N) is 1. The minimum atomic E-state index is -4.67. The van der Waals surface area contributed by atoms with Crippen LogP contribution in [0.5, 0.6) is 0 Å². The van der Waals surface area contributed by atoms with Crippen molar-refractivity contribution in [3.05, 3.63) is 103 Å². The van der Waals surface area contributed by atoms with Crippen molar-refractivity contribution in [3.63, 3.8) is 0 Å². The number of fused-ring (bicyclic) bond motifs is 1. The Labute approximate surface area is 199 Å². The fraction of sp³-hybridized carbons (Fsp3) is 0.0769. The summed E-state index contributed by atoms with van der Waals surface area (Å²) in [5.74, 6) is -0.246. The van der Waals surface area contributed by atoms with Gasteiger partial charge in [0.1, 0.15) is 11.5 Å². The Kier molecular flexibility index (Phi) is 6.59. The molecule has 0 aliphatic carbocycles. The number of amides is 1. The second-order valence-electron chi connectivity index (χ2n) is 7.47. The molecule has 4 rings (SSSR count). The van der Waals surface area contributed by atoms with Crippen molar-refractivity contribution in [2.75, 3.05) is 0 Å². The van der Waals surface area contributed by atoms with E-state index in [2.05, 4.69) is 27.0 Å². The highest BCUT2D eigenvalue weighted by atomic mass is 19.4. The number of carbonyl (C=O) groups is 1. The van der Waals surface area contributed by atoms with Crippen molar-refractivity contribution < 1.29 is 18.0 Å². The van der Waals surface area contributed by atoms with E-state index >= 15 is 0 Å². The van der Waals surface area contributed by atoms with E-state index in [4.69, 9.17) is 0 Å². The minimum absolute atomic E-state index is 0.0930. The largest absolute Gasteiger partial charge is 0.433 e. The molecule has 2 aromatic carbocycles. The zero-order valence-corrected chi connectivity index (χ0v) is 18.6. The first-order valence-corrected chi connectivity index (χ1v) is 10.5. The lowest BCUT2D eigenvalue weighted by Crippen LogP contribution is -2.22. The van der Waals surface area contributed by atoms with Crippen LogP contribution in [0.25, 0.3) is 27.7 Å². The topological polar surface area (TPSA) is 72.2 Å². The monoisotopic (exact) mass is 475 g/mol. The summed E-state index contributed by atoms with van der Waals surface area (Å²) in [4.78, 5) is 20.9. The van der Waals surface area contributed by atoms with Crippen molar-refractivity contribution >= 4 is 28.6 Å². The Bertz CT molecular complexity index is 1450. The number of alkyl halides is 3. The van der Waals surface area contributed by atoms with Crippen LogP contribution in [0.3, 0.4) is 0 Å². The molecule has 1 amide bonds. The predicted molar refractivity (Wildman–Crippen MR) is 129 cm³/mol. The number of hydrogen-bond acceptors (Lipinski definition) is 4. The molecule has 2 aromatic heterocycles. The van der Waals surface area contributed by atoms with Crippen molar-refractivity contribution in [2.45, 2.75) is 13.1 Å². The number of rotatable bonds is 6. The fourth-order valence-corrected chi connectivity index (χ4v) is 3.44. The Morgan fingerprint density at radius 2 is 1.89 bits per heavy atom. The summed E-state index contributed by atoms with van der Waals surface area (Å²) < 4.78 is 41.7. The van der Waals surface area contributed by atoms with Crippen LogP contribution in [0.1, 0.15) is 23.0 Å². The van der Waals surface area contributed by atoms with E-state index in [0.717, 1.165) is 23.1 Å². The van der Waals surface area contributed by atoms with Crippen LogP contribution in [0.2, 0.25) is 0 Å². The molecule has 0 atom stereocenters. The third-order valence-electron chi connectivity index (χ3n) is 5.13. The number of allylic oxidation sites excluding steroid dienone is 2. The second kappa shape index (κ2) is 9.76. The molecule has 0 aliphatic rings. The highest BCUT2D eigenvalue weighted by Gasteiger charge is 2.36. The second-order valence-corrected chi connectivity index (χ2v) is 7.47. The summed E-state index contributed by atoms with van der Waals surface area (Å²) in [5.41, 5.74) is -0.168. The average Bonchev–Trinajstić information content (AvgIpc) is 3.33. The Morgan fingerprint density at radius 3 is 2.60 bits per heavy atom. The average molecular weight is 475 g/mol. The van der Waals surface area contributed by atoms with Gasteiger partial charge < -0.3 is 5.32 Å². The molecular weight excluding hydrogens is 455 g/mol. The molecule has 0 spiro atoms. The highest BCUT2D eigenvalue weighted by Crippen LogP contribution is 2.33. The summed E-state index contributed by atoms with van der Waals surface area (Å²) in [6.45, 7) is 5.33. The van der Waals surface area contributed by atoms with Gasteiger partial charge in [-0.3, -0.25) is 9.78 Å². The number of pyridine rings is 1. The van der Waals surface area contributed by atoms with Crippen molar-refractivity contribution in [1.82, 2.24) is 20.1 Å². The SMILES string of the molecule is C=C(C=N/C(=C\C)NC(=O)c1cccc2ccccc12)n1nc(-c2cccnc2)cc1C(F)(F)F. The molecule has 35 heavy (non-hydrogen) atoms. The van der Waals surface area contributed by atoms with Crippen molar-refractivity contribution in [1.29, 1.82) is 0 Å². The van der Waals surface area contributed by atoms with Gasteiger partial charge in [-0.1, -0.05) is 43.0 Å². The van der Waals surface area contributed by atoms with E-state index < -0.39 is 17.8 Å². The zero-order valence-electron chi connectivity index (χ0n) is 18.6. The lowest BCUT2D eigenvalue weighted by atomic mass is 10.0. The number of carbonyl (C=O) groups excluding carboxylic acids is 1. The van der Waals surface area contributed by atoms with Gasteiger partial charge in [0.2, 0.25) is 0 Å². The standard InChI is InChI=1S/C26H20F3N5O/c1-3-24(32-25(35)21-12-6-9-18-8-4-5-11-20(18)21)31-15-17(2)34-23(26(27,28)29)14-22(33-34)19-10-7-13-30-16-19/h3-16H,2H2,1H3,(H,32,35)/b24-3+,31-15?. The number of benzene rings is 2. The van der Waals surface area contributed by atoms with E-state index in [1.54, 1.807) is 31.2 Å². The molecule has 0 bridgehead atoms. The van der Waals surface area contributed by atoms with E-state index in [0.29, 0.717) is 15.8 Å². The first kappa shape index (κ1) is 23.6. The third kappa shape index (κ3) is 5.19. The Morgan fingerprint density at radius 1 is 1.11 bits per heavy atom. The molecule has 9 heteroatoms. The molecule has 1 N–H and O–H groups in total. The van der Waals surface area contributed by atoms with Crippen LogP contribution in [0.15, 0.2) is 96.5 Å². The van der Waals surface area contributed by atoms with Gasteiger partial charge in [0.15, 0.2) is 0 Å². The van der Waals surface area contributed by atoms with E-state index in [-0.39, 0.29) is 17.2 Å². The predicted octanol–water partition coefficient (Wildman–Crippen LogP) is 5.95. The van der Waals surface area contributed by atoms with Gasteiger partial charge >= 0.3 is 6.18 Å². The molecule has 0 aliphatic heterocycles.